The minimum Gasteiger partial charge on any atom is -0.305 e. The molecule has 1 heterocycles. The second-order valence-electron chi connectivity index (χ2n) is 3.17. The monoisotopic (exact) mass is 151 g/mol. The van der Waals surface area contributed by atoms with E-state index < -0.39 is 0 Å². The molecule has 0 aliphatic carbocycles. The first-order valence-electron chi connectivity index (χ1n) is 3.91. The Morgan fingerprint density at radius 3 is 3.00 bits per heavy atom. The van der Waals surface area contributed by atoms with Gasteiger partial charge in [-0.15, -0.1) is 6.42 Å². The summed E-state index contributed by atoms with van der Waals surface area (Å²) in [5.41, 5.74) is -0.327. The van der Waals surface area contributed by atoms with Gasteiger partial charge in [0.1, 0.15) is 0 Å². The van der Waals surface area contributed by atoms with Crippen molar-refractivity contribution in [1.29, 1.82) is 0 Å². The van der Waals surface area contributed by atoms with Gasteiger partial charge in [0.25, 0.3) is 0 Å². The lowest BCUT2D eigenvalue weighted by Crippen LogP contribution is -2.44. The van der Waals surface area contributed by atoms with Gasteiger partial charge >= 0.3 is 0 Å². The Hall–Kier alpha value is -0.810. The summed E-state index contributed by atoms with van der Waals surface area (Å²) in [4.78, 5) is 11.4. The normalized spacial score (nSPS) is 29.8. The van der Waals surface area contributed by atoms with Crippen LogP contribution in [-0.4, -0.2) is 17.9 Å². The van der Waals surface area contributed by atoms with Gasteiger partial charge in [0, 0.05) is 0 Å². The van der Waals surface area contributed by atoms with Crippen LogP contribution in [0.2, 0.25) is 0 Å². The average molecular weight is 151 g/mol. The molecule has 2 heteroatoms. The molecule has 0 amide bonds. The number of rotatable bonds is 2. The summed E-state index contributed by atoms with van der Waals surface area (Å²) in [5, 5.41) is 3.17. The maximum atomic E-state index is 11.4. The first-order chi connectivity index (χ1) is 5.19. The SMILES string of the molecule is C#CCC(=O)[C@]1(C)CCCN1. The van der Waals surface area contributed by atoms with Gasteiger partial charge in [-0.2, -0.15) is 0 Å². The van der Waals surface area contributed by atoms with Crippen LogP contribution < -0.4 is 5.32 Å². The van der Waals surface area contributed by atoms with Gasteiger partial charge in [-0.05, 0) is 26.3 Å². The van der Waals surface area contributed by atoms with E-state index in [0.717, 1.165) is 19.4 Å². The zero-order chi connectivity index (χ0) is 8.32. The van der Waals surface area contributed by atoms with E-state index in [1.807, 2.05) is 6.92 Å². The number of Topliss-reactive ketones (excluding diaryl/α,β-unsaturated/α-hetero) is 1. The molecule has 1 N–H and O–H groups in total. The van der Waals surface area contributed by atoms with Crippen LogP contribution in [0.4, 0.5) is 0 Å². The summed E-state index contributed by atoms with van der Waals surface area (Å²) >= 11 is 0. The second kappa shape index (κ2) is 3.06. The molecule has 0 radical (unpaired) electrons. The number of carbonyl (C=O) groups is 1. The molecule has 1 fully saturated rings. The molecule has 0 saturated carbocycles. The van der Waals surface area contributed by atoms with Crippen molar-refractivity contribution in [3.05, 3.63) is 0 Å². The third-order valence-corrected chi connectivity index (χ3v) is 2.25. The second-order valence-corrected chi connectivity index (χ2v) is 3.17. The predicted octanol–water partition coefficient (Wildman–Crippen LogP) is 0.721. The Kier molecular flexibility index (Phi) is 2.31. The van der Waals surface area contributed by atoms with E-state index in [0.29, 0.717) is 0 Å². The summed E-state index contributed by atoms with van der Waals surface area (Å²) in [5.74, 6) is 2.53. The molecule has 2 nitrogen and oxygen atoms in total. The van der Waals surface area contributed by atoms with Crippen LogP contribution in [0.1, 0.15) is 26.2 Å². The van der Waals surface area contributed by atoms with Crippen molar-refractivity contribution in [2.45, 2.75) is 31.7 Å². The van der Waals surface area contributed by atoms with E-state index in [2.05, 4.69) is 11.2 Å². The molecular weight excluding hydrogens is 138 g/mol. The third-order valence-electron chi connectivity index (χ3n) is 2.25. The van der Waals surface area contributed by atoms with Crippen LogP contribution in [0, 0.1) is 12.3 Å². The molecule has 0 spiro atoms. The van der Waals surface area contributed by atoms with Crippen molar-refractivity contribution in [2.24, 2.45) is 0 Å². The number of hydrogen-bond acceptors (Lipinski definition) is 2. The number of nitrogens with one attached hydrogen (secondary N) is 1. The van der Waals surface area contributed by atoms with Crippen molar-refractivity contribution in [2.75, 3.05) is 6.54 Å². The molecule has 1 rings (SSSR count). The van der Waals surface area contributed by atoms with Crippen LogP contribution in [0.3, 0.4) is 0 Å². The van der Waals surface area contributed by atoms with Crippen molar-refractivity contribution in [1.82, 2.24) is 5.32 Å². The highest BCUT2D eigenvalue weighted by Crippen LogP contribution is 2.20. The molecule has 0 unspecified atom stereocenters. The largest absolute Gasteiger partial charge is 0.305 e. The highest BCUT2D eigenvalue weighted by atomic mass is 16.1. The first-order valence-corrected chi connectivity index (χ1v) is 3.91. The average Bonchev–Trinajstić information content (AvgIpc) is 2.38. The van der Waals surface area contributed by atoms with Gasteiger partial charge in [-0.25, -0.2) is 0 Å². The van der Waals surface area contributed by atoms with Crippen LogP contribution >= 0.6 is 0 Å². The highest BCUT2D eigenvalue weighted by Gasteiger charge is 2.34. The molecule has 0 aromatic heterocycles. The van der Waals surface area contributed by atoms with Crippen molar-refractivity contribution in [3.8, 4) is 12.3 Å². The number of hydrogen-bond donors (Lipinski definition) is 1. The van der Waals surface area contributed by atoms with E-state index in [1.54, 1.807) is 0 Å². The fraction of sp³-hybridized carbons (Fsp3) is 0.667. The van der Waals surface area contributed by atoms with E-state index in [9.17, 15) is 4.79 Å². The lowest BCUT2D eigenvalue weighted by atomic mass is 9.93. The summed E-state index contributed by atoms with van der Waals surface area (Å²) in [6.07, 6.45) is 7.31. The molecule has 0 aromatic carbocycles. The Labute approximate surface area is 67.4 Å². The Morgan fingerprint density at radius 2 is 2.55 bits per heavy atom. The number of terminal acetylenes is 1. The molecule has 0 aromatic rings. The van der Waals surface area contributed by atoms with Crippen molar-refractivity contribution < 1.29 is 4.79 Å². The lowest BCUT2D eigenvalue weighted by Gasteiger charge is -2.20. The van der Waals surface area contributed by atoms with Gasteiger partial charge in [0.15, 0.2) is 5.78 Å². The Morgan fingerprint density at radius 1 is 1.82 bits per heavy atom. The maximum Gasteiger partial charge on any atom is 0.164 e. The standard InChI is InChI=1S/C9H13NO/c1-3-5-8(11)9(2)6-4-7-10-9/h1,10H,4-7H2,2H3/t9-/m0/s1. The van der Waals surface area contributed by atoms with Crippen LogP contribution in [0.15, 0.2) is 0 Å². The number of carbonyl (C=O) groups excluding carboxylic acids is 1. The Bertz CT molecular complexity index is 196. The Balaban J connectivity index is 2.58. The van der Waals surface area contributed by atoms with Gasteiger partial charge in [-0.1, -0.05) is 5.92 Å². The minimum atomic E-state index is -0.327. The maximum absolute atomic E-state index is 11.4. The fourth-order valence-electron chi connectivity index (χ4n) is 1.42. The number of ketones is 1. The smallest absolute Gasteiger partial charge is 0.164 e. The minimum absolute atomic E-state index is 0.150. The zero-order valence-electron chi connectivity index (χ0n) is 6.81. The summed E-state index contributed by atoms with van der Waals surface area (Å²) in [7, 11) is 0. The quantitative estimate of drug-likeness (QED) is 0.589. The van der Waals surface area contributed by atoms with Crippen LogP contribution in [0.25, 0.3) is 0 Å². The molecule has 1 saturated heterocycles. The molecule has 1 aliphatic heterocycles. The van der Waals surface area contributed by atoms with Gasteiger partial charge in [0.2, 0.25) is 0 Å². The van der Waals surface area contributed by atoms with Gasteiger partial charge in [-0.3, -0.25) is 4.79 Å². The molecular formula is C9H13NO. The summed E-state index contributed by atoms with van der Waals surface area (Å²) in [6, 6.07) is 0. The van der Waals surface area contributed by atoms with Gasteiger partial charge < -0.3 is 5.32 Å². The van der Waals surface area contributed by atoms with Crippen molar-refractivity contribution >= 4 is 5.78 Å². The van der Waals surface area contributed by atoms with Crippen LogP contribution in [-0.2, 0) is 4.79 Å². The van der Waals surface area contributed by atoms with Crippen molar-refractivity contribution in [3.63, 3.8) is 0 Å². The highest BCUT2D eigenvalue weighted by molar-refractivity contribution is 5.90. The van der Waals surface area contributed by atoms with E-state index in [-0.39, 0.29) is 17.7 Å². The first kappa shape index (κ1) is 8.29. The zero-order valence-corrected chi connectivity index (χ0v) is 6.81. The molecule has 1 atom stereocenters. The van der Waals surface area contributed by atoms with Gasteiger partial charge in [0.05, 0.1) is 12.0 Å². The topological polar surface area (TPSA) is 29.1 Å². The molecule has 11 heavy (non-hydrogen) atoms. The molecule has 60 valence electrons. The van der Waals surface area contributed by atoms with E-state index in [4.69, 9.17) is 6.42 Å². The fourth-order valence-corrected chi connectivity index (χ4v) is 1.42. The molecule has 0 bridgehead atoms. The van der Waals surface area contributed by atoms with E-state index in [1.165, 1.54) is 0 Å². The summed E-state index contributed by atoms with van der Waals surface area (Å²) in [6.45, 7) is 2.87. The predicted molar refractivity (Wildman–Crippen MR) is 44.1 cm³/mol. The van der Waals surface area contributed by atoms with Crippen LogP contribution in [0.5, 0.6) is 0 Å². The van der Waals surface area contributed by atoms with E-state index >= 15 is 0 Å². The summed E-state index contributed by atoms with van der Waals surface area (Å²) < 4.78 is 0. The lowest BCUT2D eigenvalue weighted by molar-refractivity contribution is -0.123. The third kappa shape index (κ3) is 1.61. The molecule has 1 aliphatic rings.